The van der Waals surface area contributed by atoms with Crippen LogP contribution in [0.5, 0.6) is 0 Å². The fraction of sp³-hybridized carbons (Fsp3) is 0.368. The largest absolute Gasteiger partial charge is 0.349 e. The minimum Gasteiger partial charge on any atom is -0.349 e. The summed E-state index contributed by atoms with van der Waals surface area (Å²) in [6.45, 7) is 1.07. The highest BCUT2D eigenvalue weighted by Gasteiger charge is 2.24. The van der Waals surface area contributed by atoms with Gasteiger partial charge >= 0.3 is 0 Å². The summed E-state index contributed by atoms with van der Waals surface area (Å²) in [4.78, 5) is 38.5. The number of halogens is 1. The summed E-state index contributed by atoms with van der Waals surface area (Å²) in [5, 5.41) is 9.67. The maximum absolute atomic E-state index is 12.4. The molecule has 1 aromatic heterocycles. The molecule has 1 saturated heterocycles. The molecule has 0 aliphatic carbocycles. The van der Waals surface area contributed by atoms with E-state index in [9.17, 15) is 14.4 Å². The van der Waals surface area contributed by atoms with E-state index in [1.165, 1.54) is 6.20 Å². The Morgan fingerprint density at radius 3 is 2.54 bits per heavy atom. The van der Waals surface area contributed by atoms with Crippen molar-refractivity contribution in [3.05, 3.63) is 51.4 Å². The second-order valence-corrected chi connectivity index (χ2v) is 7.86. The molecule has 3 amide bonds. The molecule has 0 radical (unpaired) electrons. The van der Waals surface area contributed by atoms with Crippen molar-refractivity contribution >= 4 is 40.3 Å². The lowest BCUT2D eigenvalue weighted by molar-refractivity contribution is -0.131. The number of aryl methyl sites for hydroxylation is 1. The summed E-state index contributed by atoms with van der Waals surface area (Å²) in [5.74, 6) is -0.518. The molecular weight excluding hydrogens is 473 g/mol. The van der Waals surface area contributed by atoms with Gasteiger partial charge in [0, 0.05) is 35.9 Å². The monoisotopic (exact) mass is 495 g/mol. The number of hydrogen-bond acceptors (Lipinski definition) is 4. The van der Waals surface area contributed by atoms with Crippen molar-refractivity contribution in [2.24, 2.45) is 7.05 Å². The molecule has 28 heavy (non-hydrogen) atoms. The average molecular weight is 495 g/mol. The molecule has 1 aliphatic heterocycles. The Kier molecular flexibility index (Phi) is 6.65. The van der Waals surface area contributed by atoms with E-state index in [1.54, 1.807) is 35.0 Å². The highest BCUT2D eigenvalue weighted by atomic mass is 127. The Bertz CT molecular complexity index is 874. The topological polar surface area (TPSA) is 96.3 Å². The molecular formula is C19H22IN5O3. The summed E-state index contributed by atoms with van der Waals surface area (Å²) in [7, 11) is 1.76. The number of likely N-dealkylation sites (tertiary alicyclic amines) is 1. The van der Waals surface area contributed by atoms with Crippen molar-refractivity contribution in [1.29, 1.82) is 0 Å². The number of aromatic nitrogens is 2. The van der Waals surface area contributed by atoms with Crippen LogP contribution in [-0.2, 0) is 11.8 Å². The third-order valence-corrected chi connectivity index (χ3v) is 5.61. The molecule has 0 bridgehead atoms. The van der Waals surface area contributed by atoms with Gasteiger partial charge in [-0.3, -0.25) is 19.1 Å². The number of carbonyl (C=O) groups excluding carboxylic acids is 3. The zero-order chi connectivity index (χ0) is 20.1. The standard InChI is InChI=1S/C19H22IN5O3/c1-24-12-13(10-22-24)18(27)23-14-6-8-25(9-7-14)17(26)11-21-19(28)15-4-2-3-5-16(15)20/h2-5,10,12,14H,6-9,11H2,1H3,(H,21,28)(H,23,27). The number of piperidine rings is 1. The molecule has 0 atom stereocenters. The number of nitrogens with one attached hydrogen (secondary N) is 2. The Hall–Kier alpha value is -2.43. The van der Waals surface area contributed by atoms with Gasteiger partial charge in [0.25, 0.3) is 11.8 Å². The van der Waals surface area contributed by atoms with Crippen LogP contribution in [0.1, 0.15) is 33.6 Å². The van der Waals surface area contributed by atoms with E-state index in [4.69, 9.17) is 0 Å². The van der Waals surface area contributed by atoms with Crippen LogP contribution in [-0.4, -0.2) is 58.1 Å². The van der Waals surface area contributed by atoms with Crippen LogP contribution < -0.4 is 10.6 Å². The van der Waals surface area contributed by atoms with Crippen LogP contribution in [0, 0.1) is 3.57 Å². The normalized spacial score (nSPS) is 14.6. The number of rotatable bonds is 5. The number of amides is 3. The molecule has 1 aliphatic rings. The van der Waals surface area contributed by atoms with Crippen molar-refractivity contribution in [3.63, 3.8) is 0 Å². The first-order chi connectivity index (χ1) is 13.4. The van der Waals surface area contributed by atoms with Crippen LogP contribution in [0.15, 0.2) is 36.7 Å². The van der Waals surface area contributed by atoms with Crippen molar-refractivity contribution < 1.29 is 14.4 Å². The summed E-state index contributed by atoms with van der Waals surface area (Å²) in [6, 6.07) is 7.27. The van der Waals surface area contributed by atoms with Crippen LogP contribution in [0.3, 0.4) is 0 Å². The lowest BCUT2D eigenvalue weighted by atomic mass is 10.0. The fourth-order valence-corrected chi connectivity index (χ4v) is 3.72. The first kappa shape index (κ1) is 20.3. The maximum Gasteiger partial charge on any atom is 0.254 e. The predicted molar refractivity (Wildman–Crippen MR) is 112 cm³/mol. The van der Waals surface area contributed by atoms with E-state index in [0.717, 1.165) is 3.57 Å². The van der Waals surface area contributed by atoms with Crippen molar-refractivity contribution in [1.82, 2.24) is 25.3 Å². The number of hydrogen-bond donors (Lipinski definition) is 2. The summed E-state index contributed by atoms with van der Waals surface area (Å²) < 4.78 is 2.43. The molecule has 2 N–H and O–H groups in total. The van der Waals surface area contributed by atoms with Gasteiger partial charge in [0.2, 0.25) is 5.91 Å². The number of carbonyl (C=O) groups is 3. The Balaban J connectivity index is 1.43. The molecule has 0 unspecified atom stereocenters. The van der Waals surface area contributed by atoms with Crippen LogP contribution in [0.25, 0.3) is 0 Å². The minimum absolute atomic E-state index is 0.0252. The van der Waals surface area contributed by atoms with Crippen LogP contribution in [0.2, 0.25) is 0 Å². The highest BCUT2D eigenvalue weighted by Crippen LogP contribution is 2.13. The highest BCUT2D eigenvalue weighted by molar-refractivity contribution is 14.1. The van der Waals surface area contributed by atoms with Crippen molar-refractivity contribution in [3.8, 4) is 0 Å². The molecule has 1 fully saturated rings. The van der Waals surface area contributed by atoms with Crippen molar-refractivity contribution in [2.45, 2.75) is 18.9 Å². The van der Waals surface area contributed by atoms with Gasteiger partial charge in [-0.1, -0.05) is 12.1 Å². The van der Waals surface area contributed by atoms with Gasteiger partial charge in [-0.2, -0.15) is 5.10 Å². The molecule has 3 rings (SSSR count). The van der Waals surface area contributed by atoms with E-state index < -0.39 is 0 Å². The lowest BCUT2D eigenvalue weighted by Gasteiger charge is -2.32. The Morgan fingerprint density at radius 1 is 1.18 bits per heavy atom. The fourth-order valence-electron chi connectivity index (χ4n) is 3.09. The van der Waals surface area contributed by atoms with E-state index in [0.29, 0.717) is 37.1 Å². The number of benzene rings is 1. The first-order valence-electron chi connectivity index (χ1n) is 9.04. The van der Waals surface area contributed by atoms with E-state index in [2.05, 4.69) is 38.3 Å². The summed E-state index contributed by atoms with van der Waals surface area (Å²) >= 11 is 2.10. The first-order valence-corrected chi connectivity index (χ1v) is 10.1. The van der Waals surface area contributed by atoms with Gasteiger partial charge in [0.05, 0.1) is 23.9 Å². The Morgan fingerprint density at radius 2 is 1.89 bits per heavy atom. The van der Waals surface area contributed by atoms with E-state index >= 15 is 0 Å². The van der Waals surface area contributed by atoms with Crippen LogP contribution in [0.4, 0.5) is 0 Å². The molecule has 148 valence electrons. The number of nitrogens with zero attached hydrogens (tertiary/aromatic N) is 3. The zero-order valence-electron chi connectivity index (χ0n) is 15.5. The van der Waals surface area contributed by atoms with Gasteiger partial charge in [-0.25, -0.2) is 0 Å². The van der Waals surface area contributed by atoms with Gasteiger partial charge in [-0.15, -0.1) is 0 Å². The molecule has 9 heteroatoms. The minimum atomic E-state index is -0.253. The Labute approximate surface area is 176 Å². The van der Waals surface area contributed by atoms with Gasteiger partial charge in [0.15, 0.2) is 0 Å². The molecule has 0 saturated carbocycles. The second-order valence-electron chi connectivity index (χ2n) is 6.69. The zero-order valence-corrected chi connectivity index (χ0v) is 17.7. The smallest absolute Gasteiger partial charge is 0.254 e. The third-order valence-electron chi connectivity index (χ3n) is 4.67. The molecule has 1 aromatic carbocycles. The van der Waals surface area contributed by atoms with Crippen molar-refractivity contribution in [2.75, 3.05) is 19.6 Å². The average Bonchev–Trinajstić information content (AvgIpc) is 3.13. The quantitative estimate of drug-likeness (QED) is 0.610. The van der Waals surface area contributed by atoms with Crippen LogP contribution >= 0.6 is 22.6 Å². The van der Waals surface area contributed by atoms with Gasteiger partial charge in [0.1, 0.15) is 0 Å². The van der Waals surface area contributed by atoms with Gasteiger partial charge < -0.3 is 15.5 Å². The van der Waals surface area contributed by atoms with E-state index in [1.807, 2.05) is 12.1 Å². The SMILES string of the molecule is Cn1cc(C(=O)NC2CCN(C(=O)CNC(=O)c3ccccc3I)CC2)cn1. The third kappa shape index (κ3) is 5.09. The van der Waals surface area contributed by atoms with E-state index in [-0.39, 0.29) is 30.3 Å². The predicted octanol–water partition coefficient (Wildman–Crippen LogP) is 1.18. The summed E-state index contributed by atoms with van der Waals surface area (Å²) in [5.41, 5.74) is 1.09. The molecule has 2 heterocycles. The molecule has 8 nitrogen and oxygen atoms in total. The van der Waals surface area contributed by atoms with Gasteiger partial charge in [-0.05, 0) is 47.6 Å². The lowest BCUT2D eigenvalue weighted by Crippen LogP contribution is -2.49. The maximum atomic E-state index is 12.4. The summed E-state index contributed by atoms with van der Waals surface area (Å²) in [6.07, 6.45) is 4.57. The molecule has 0 spiro atoms. The second kappa shape index (κ2) is 9.18. The molecule has 2 aromatic rings.